The number of nitrogens with two attached hydrogens (primary N) is 2. The van der Waals surface area contributed by atoms with Crippen LogP contribution in [0.15, 0.2) is 103 Å². The summed E-state index contributed by atoms with van der Waals surface area (Å²) in [5, 5.41) is 22.4. The number of ether oxygens (including phenoxy) is 5. The average Bonchev–Trinajstić information content (AvgIpc) is 3.85. The number of cyclic esters (lactones) is 1. The number of halogens is 2. The number of hydrogen-bond donors (Lipinski definition) is 3. The van der Waals surface area contributed by atoms with E-state index in [2.05, 4.69) is 60.1 Å². The molecule has 0 bridgehead atoms. The van der Waals surface area contributed by atoms with Gasteiger partial charge in [-0.15, -0.1) is 6.42 Å². The van der Waals surface area contributed by atoms with Gasteiger partial charge in [-0.1, -0.05) is 59.6 Å². The second-order valence-corrected chi connectivity index (χ2v) is 16.3. The van der Waals surface area contributed by atoms with Gasteiger partial charge in [0.25, 0.3) is 0 Å². The Bertz CT molecular complexity index is 2690. The van der Waals surface area contributed by atoms with Crippen molar-refractivity contribution in [2.45, 2.75) is 78.9 Å². The molecule has 7 rings (SSSR count). The summed E-state index contributed by atoms with van der Waals surface area (Å²) in [6.07, 6.45) is 12.4. The molecule has 0 unspecified atom stereocenters. The van der Waals surface area contributed by atoms with Crippen LogP contribution in [-0.2, 0) is 47.2 Å². The fraction of sp³-hybridized carbons (Fsp3) is 0.283. The molecule has 4 aromatic carbocycles. The second-order valence-electron chi connectivity index (χ2n) is 15.5. The number of pyridine rings is 1. The van der Waals surface area contributed by atoms with E-state index in [0.29, 0.717) is 70.2 Å². The molecule has 3 heterocycles. The number of nitrogens with one attached hydrogen (secondary N) is 1. The van der Waals surface area contributed by atoms with E-state index in [1.807, 2.05) is 36.5 Å². The van der Waals surface area contributed by atoms with E-state index >= 15 is 0 Å². The Hall–Kier alpha value is -5.82. The normalized spacial score (nSPS) is 12.3. The van der Waals surface area contributed by atoms with Crippen molar-refractivity contribution in [2.24, 2.45) is 11.5 Å². The summed E-state index contributed by atoms with van der Waals surface area (Å²) in [5.74, 6) is 1.99. The van der Waals surface area contributed by atoms with E-state index in [-0.39, 0.29) is 76.6 Å². The maximum atomic E-state index is 10.0. The number of dihydropyridines is 1. The van der Waals surface area contributed by atoms with E-state index in [1.54, 1.807) is 42.8 Å². The number of benzene rings is 4. The first-order valence-electron chi connectivity index (χ1n) is 21.9. The SMILES string of the molecule is Cc1c(COc2cc(OCC3=CNCC(C#N)=C3)c(CN)cc2Cl)cccc1-c1cccc(COc2cc(OCc3cncc(C#N)c3)c(CN)cc2Cl)c1C.O=C1CCCO1.[CH2-]CCC[C-]=O.[U+2]. The molecule has 5 N–H and O–H groups in total. The van der Waals surface area contributed by atoms with Crippen LogP contribution in [0.5, 0.6) is 23.0 Å². The molecule has 1 saturated heterocycles. The van der Waals surface area contributed by atoms with Crippen LogP contribution in [0.4, 0.5) is 0 Å². The predicted octanol–water partition coefficient (Wildman–Crippen LogP) is 9.94. The molecule has 0 spiro atoms. The number of carbonyl (C=O) groups is 1. The molecule has 2 aliphatic rings. The van der Waals surface area contributed by atoms with Crippen molar-refractivity contribution in [3.05, 3.63) is 164 Å². The van der Waals surface area contributed by atoms with Crippen molar-refractivity contribution in [3.63, 3.8) is 0 Å². The van der Waals surface area contributed by atoms with Gasteiger partial charge in [0.15, 0.2) is 0 Å². The van der Waals surface area contributed by atoms with Gasteiger partial charge in [-0.25, -0.2) is 0 Å². The van der Waals surface area contributed by atoms with E-state index in [1.165, 1.54) is 6.20 Å². The Morgan fingerprint density at radius 3 is 1.84 bits per heavy atom. The summed E-state index contributed by atoms with van der Waals surface area (Å²) >= 11 is 13.3. The first kappa shape index (κ1) is 55.8. The van der Waals surface area contributed by atoms with Gasteiger partial charge in [-0.05, 0) is 77.9 Å². The van der Waals surface area contributed by atoms with Crippen LogP contribution in [0, 0.1) is 74.5 Å². The van der Waals surface area contributed by atoms with E-state index < -0.39 is 0 Å². The molecular formula is C53H54Cl2N6O7U. The minimum atomic E-state index is -0.0463. The standard InChI is InChI=1S/C44H40Cl2N6O4.C5H8O.C4H6O2.U/c1-27-33(25-55-43-13-41(35(17-49)11-39(43)45)53-23-31-9-29(15-47)19-51-21-31)5-3-7-37(27)38-8-4-6-34(28(38)2)26-56-44-14-42(36(18-50)12-40(44)46)54-24-32-10-30(16-48)20-52-22-32;1-2-3-4-5-6;5-4-2-1-3-6-4;/h3-14,19,21-22,52H,17-18,20,23-26,49-50H2,1-2H3;1-4H2;1-3H2;/q;-2;;+2. The van der Waals surface area contributed by atoms with Gasteiger partial charge in [0.1, 0.15) is 55.5 Å². The molecule has 0 aliphatic carbocycles. The number of unbranched alkanes of at least 4 members (excludes halogenated alkanes) is 2. The van der Waals surface area contributed by atoms with Crippen LogP contribution in [-0.4, -0.2) is 37.0 Å². The number of carbonyl (C=O) groups excluding carboxylic acids is 2. The fourth-order valence-electron chi connectivity index (χ4n) is 6.92. The molecule has 5 aromatic rings. The van der Waals surface area contributed by atoms with Crippen molar-refractivity contribution in [2.75, 3.05) is 19.8 Å². The van der Waals surface area contributed by atoms with Gasteiger partial charge in [-0.3, -0.25) is 16.1 Å². The zero-order chi connectivity index (χ0) is 48.8. The van der Waals surface area contributed by atoms with Crippen molar-refractivity contribution >= 4 is 35.5 Å². The molecule has 0 radical (unpaired) electrons. The Labute approximate surface area is 438 Å². The Kier molecular flexibility index (Phi) is 23.7. The second kappa shape index (κ2) is 29.3. The largest absolute Gasteiger partial charge is 2.00 e. The van der Waals surface area contributed by atoms with Gasteiger partial charge < -0.3 is 52.2 Å². The molecule has 1 aromatic heterocycles. The van der Waals surface area contributed by atoms with Crippen LogP contribution in [0.3, 0.4) is 0 Å². The van der Waals surface area contributed by atoms with Crippen molar-refractivity contribution in [3.8, 4) is 46.3 Å². The third kappa shape index (κ3) is 16.7. The zero-order valence-electron chi connectivity index (χ0n) is 38.7. The van der Waals surface area contributed by atoms with Crippen molar-refractivity contribution in [1.82, 2.24) is 10.3 Å². The van der Waals surface area contributed by atoms with Crippen molar-refractivity contribution in [1.29, 1.82) is 10.5 Å². The van der Waals surface area contributed by atoms with Gasteiger partial charge in [-0.2, -0.15) is 23.4 Å². The molecule has 16 heteroatoms. The summed E-state index contributed by atoms with van der Waals surface area (Å²) < 4.78 is 29.3. The molecule has 69 heavy (non-hydrogen) atoms. The van der Waals surface area contributed by atoms with Crippen LogP contribution in [0.2, 0.25) is 10.0 Å². The quantitative estimate of drug-likeness (QED) is 0.0425. The summed E-state index contributed by atoms with van der Waals surface area (Å²) in [6, 6.07) is 25.3. The number of rotatable bonds is 18. The smallest absolute Gasteiger partial charge is 0.542 e. The number of nitrogens with zero attached hydrogens (tertiary/aromatic N) is 3. The monoisotopic (exact) mass is 1190 g/mol. The Morgan fingerprint density at radius 2 is 1.38 bits per heavy atom. The summed E-state index contributed by atoms with van der Waals surface area (Å²) in [7, 11) is 0. The first-order chi connectivity index (χ1) is 33.0. The van der Waals surface area contributed by atoms with E-state index in [9.17, 15) is 20.1 Å². The number of hydrogen-bond acceptors (Lipinski definition) is 13. The third-order valence-corrected chi connectivity index (χ3v) is 11.3. The molecule has 2 aliphatic heterocycles. The zero-order valence-corrected chi connectivity index (χ0v) is 44.3. The average molecular weight is 1200 g/mol. The Morgan fingerprint density at radius 1 is 0.797 bits per heavy atom. The number of esters is 1. The van der Waals surface area contributed by atoms with Crippen LogP contribution in [0.1, 0.15) is 76.6 Å². The molecular weight excluding hydrogens is 1140 g/mol. The molecule has 0 saturated carbocycles. The summed E-state index contributed by atoms with van der Waals surface area (Å²) in [4.78, 5) is 23.5. The van der Waals surface area contributed by atoms with Crippen LogP contribution < -0.4 is 35.7 Å². The summed E-state index contributed by atoms with van der Waals surface area (Å²) in [5.41, 5.74) is 22.4. The maximum Gasteiger partial charge on any atom is 2.00 e. The molecule has 13 nitrogen and oxygen atoms in total. The van der Waals surface area contributed by atoms with Gasteiger partial charge >= 0.3 is 37.1 Å². The predicted molar refractivity (Wildman–Crippen MR) is 262 cm³/mol. The van der Waals surface area contributed by atoms with Gasteiger partial charge in [0.2, 0.25) is 0 Å². The fourth-order valence-corrected chi connectivity index (χ4v) is 7.40. The maximum absolute atomic E-state index is 10.0. The van der Waals surface area contributed by atoms with E-state index in [4.69, 9.17) is 53.6 Å². The minimum Gasteiger partial charge on any atom is -0.542 e. The Balaban J connectivity index is 0.000000701. The number of nitriles is 2. The molecule has 356 valence electrons. The van der Waals surface area contributed by atoms with Crippen LogP contribution in [0.25, 0.3) is 11.1 Å². The molecule has 0 amide bonds. The minimum absolute atomic E-state index is 0. The molecule has 0 atom stereocenters. The summed E-state index contributed by atoms with van der Waals surface area (Å²) in [6.45, 7) is 10.3. The third-order valence-electron chi connectivity index (χ3n) is 10.7. The number of aromatic nitrogens is 1. The molecule has 1 fully saturated rings. The van der Waals surface area contributed by atoms with E-state index in [0.717, 1.165) is 74.9 Å². The first-order valence-corrected chi connectivity index (χ1v) is 22.7. The van der Waals surface area contributed by atoms with Gasteiger partial charge in [0.05, 0.1) is 28.3 Å². The van der Waals surface area contributed by atoms with Crippen molar-refractivity contribution < 1.29 is 64.4 Å². The van der Waals surface area contributed by atoms with Gasteiger partial charge in [0, 0.05) is 84.6 Å². The topological polar surface area (TPSA) is 205 Å². The van der Waals surface area contributed by atoms with Crippen LogP contribution >= 0.6 is 23.2 Å².